The fourth-order valence-electron chi connectivity index (χ4n) is 2.26. The van der Waals surface area contributed by atoms with Gasteiger partial charge in [-0.25, -0.2) is 9.97 Å². The third kappa shape index (κ3) is 3.34. The molecule has 0 saturated carbocycles. The first-order valence-electron chi connectivity index (χ1n) is 7.59. The van der Waals surface area contributed by atoms with Gasteiger partial charge in [-0.15, -0.1) is 0 Å². The fourth-order valence-corrected chi connectivity index (χ4v) is 2.26. The van der Waals surface area contributed by atoms with Crippen LogP contribution in [0.1, 0.15) is 13.8 Å². The Morgan fingerprint density at radius 2 is 1.57 bits per heavy atom. The Labute approximate surface area is 134 Å². The summed E-state index contributed by atoms with van der Waals surface area (Å²) in [4.78, 5) is 8.55. The highest BCUT2D eigenvalue weighted by Crippen LogP contribution is 2.36. The lowest BCUT2D eigenvalue weighted by Crippen LogP contribution is -1.99. The molecule has 0 spiro atoms. The number of ether oxygens (including phenoxy) is 3. The Morgan fingerprint density at radius 3 is 2.26 bits per heavy atom. The van der Waals surface area contributed by atoms with Crippen LogP contribution < -0.4 is 14.2 Å². The van der Waals surface area contributed by atoms with Crippen LogP contribution in [0.2, 0.25) is 0 Å². The van der Waals surface area contributed by atoms with E-state index in [4.69, 9.17) is 14.2 Å². The molecule has 2 aromatic carbocycles. The molecule has 0 fully saturated rings. The Morgan fingerprint density at radius 1 is 0.870 bits per heavy atom. The van der Waals surface area contributed by atoms with E-state index in [9.17, 15) is 0 Å². The molecule has 5 nitrogen and oxygen atoms in total. The highest BCUT2D eigenvalue weighted by Gasteiger charge is 2.13. The molecule has 0 saturated heterocycles. The zero-order valence-corrected chi connectivity index (χ0v) is 13.2. The Bertz CT molecular complexity index is 791. The highest BCUT2D eigenvalue weighted by molar-refractivity contribution is 5.87. The predicted octanol–water partition coefficient (Wildman–Crippen LogP) is 4.22. The largest absolute Gasteiger partial charge is 0.490 e. The van der Waals surface area contributed by atoms with Crippen molar-refractivity contribution < 1.29 is 14.2 Å². The average molecular weight is 310 g/mol. The van der Waals surface area contributed by atoms with Gasteiger partial charge in [0.25, 0.3) is 0 Å². The summed E-state index contributed by atoms with van der Waals surface area (Å²) in [5.41, 5.74) is 0.748. The molecule has 3 rings (SSSR count). The molecule has 0 unspecified atom stereocenters. The van der Waals surface area contributed by atoms with Gasteiger partial charge in [-0.1, -0.05) is 18.2 Å². The molecule has 1 heterocycles. The van der Waals surface area contributed by atoms with Crippen molar-refractivity contribution in [3.05, 3.63) is 48.8 Å². The van der Waals surface area contributed by atoms with Crippen LogP contribution in [-0.2, 0) is 0 Å². The van der Waals surface area contributed by atoms with Crippen LogP contribution in [0.5, 0.6) is 23.1 Å². The fraction of sp³-hybridized carbons (Fsp3) is 0.222. The molecule has 3 aromatic rings. The van der Waals surface area contributed by atoms with E-state index in [0.29, 0.717) is 30.6 Å². The first-order valence-corrected chi connectivity index (χ1v) is 7.59. The van der Waals surface area contributed by atoms with Crippen molar-refractivity contribution in [3.63, 3.8) is 0 Å². The van der Waals surface area contributed by atoms with E-state index in [1.165, 1.54) is 6.33 Å². The van der Waals surface area contributed by atoms with Gasteiger partial charge < -0.3 is 14.2 Å². The van der Waals surface area contributed by atoms with E-state index in [2.05, 4.69) is 9.97 Å². The van der Waals surface area contributed by atoms with Crippen molar-refractivity contribution in [2.45, 2.75) is 13.8 Å². The molecule has 1 aromatic heterocycles. The van der Waals surface area contributed by atoms with Gasteiger partial charge >= 0.3 is 0 Å². The summed E-state index contributed by atoms with van der Waals surface area (Å²) in [7, 11) is 0. The summed E-state index contributed by atoms with van der Waals surface area (Å²) in [5.74, 6) is 2.55. The van der Waals surface area contributed by atoms with E-state index in [1.807, 2.05) is 56.3 Å². The minimum Gasteiger partial charge on any atom is -0.490 e. The number of aromatic nitrogens is 2. The topological polar surface area (TPSA) is 53.5 Å². The first-order chi connectivity index (χ1) is 11.3. The zero-order chi connectivity index (χ0) is 16.1. The van der Waals surface area contributed by atoms with Crippen LogP contribution in [0.4, 0.5) is 0 Å². The van der Waals surface area contributed by atoms with Crippen LogP contribution in [-0.4, -0.2) is 23.2 Å². The van der Waals surface area contributed by atoms with Gasteiger partial charge in [0.05, 0.1) is 24.1 Å². The van der Waals surface area contributed by atoms with Crippen molar-refractivity contribution in [1.29, 1.82) is 0 Å². The second-order valence-electron chi connectivity index (χ2n) is 4.78. The van der Waals surface area contributed by atoms with Crippen LogP contribution in [0.25, 0.3) is 10.9 Å². The Balaban J connectivity index is 2.06. The molecule has 0 aliphatic carbocycles. The summed E-state index contributed by atoms with van der Waals surface area (Å²) in [6.07, 6.45) is 1.48. The normalized spacial score (nSPS) is 10.5. The molecular formula is C18H18N2O3. The number of hydrogen-bond acceptors (Lipinski definition) is 5. The van der Waals surface area contributed by atoms with Crippen LogP contribution in [0, 0.1) is 0 Å². The number of hydrogen-bond donors (Lipinski definition) is 0. The van der Waals surface area contributed by atoms with Crippen molar-refractivity contribution in [3.8, 4) is 23.1 Å². The number of rotatable bonds is 6. The molecule has 0 N–H and O–H groups in total. The third-order valence-electron chi connectivity index (χ3n) is 3.22. The van der Waals surface area contributed by atoms with Crippen molar-refractivity contribution in [2.75, 3.05) is 13.2 Å². The van der Waals surface area contributed by atoms with Crippen molar-refractivity contribution >= 4 is 10.9 Å². The van der Waals surface area contributed by atoms with E-state index in [1.54, 1.807) is 0 Å². The smallest absolute Gasteiger partial charge is 0.230 e. The lowest BCUT2D eigenvalue weighted by atomic mass is 10.2. The van der Waals surface area contributed by atoms with Gasteiger partial charge in [-0.05, 0) is 32.0 Å². The Hall–Kier alpha value is -2.82. The Kier molecular flexibility index (Phi) is 4.57. The molecule has 5 heteroatoms. The second kappa shape index (κ2) is 6.96. The summed E-state index contributed by atoms with van der Waals surface area (Å²) in [5, 5.41) is 0.781. The van der Waals surface area contributed by atoms with Crippen LogP contribution >= 0.6 is 0 Å². The quantitative estimate of drug-likeness (QED) is 0.682. The average Bonchev–Trinajstić information content (AvgIpc) is 2.57. The molecule has 0 aliphatic rings. The lowest BCUT2D eigenvalue weighted by molar-refractivity contribution is 0.288. The third-order valence-corrected chi connectivity index (χ3v) is 3.22. The van der Waals surface area contributed by atoms with Crippen molar-refractivity contribution in [2.24, 2.45) is 0 Å². The lowest BCUT2D eigenvalue weighted by Gasteiger charge is -2.13. The highest BCUT2D eigenvalue weighted by atomic mass is 16.5. The summed E-state index contributed by atoms with van der Waals surface area (Å²) < 4.78 is 17.2. The van der Waals surface area contributed by atoms with E-state index >= 15 is 0 Å². The molecule has 0 radical (unpaired) electrons. The maximum absolute atomic E-state index is 5.88. The SMILES string of the molecule is CCOc1cc2ncnc(Oc3ccccc3)c2cc1OCC. The van der Waals surface area contributed by atoms with Gasteiger partial charge in [-0.2, -0.15) is 0 Å². The summed E-state index contributed by atoms with van der Waals surface area (Å²) >= 11 is 0. The standard InChI is InChI=1S/C18H18N2O3/c1-3-21-16-10-14-15(11-17(16)22-4-2)19-12-20-18(14)23-13-8-6-5-7-9-13/h5-12H,3-4H2,1-2H3. The first kappa shape index (κ1) is 15.1. The zero-order valence-electron chi connectivity index (χ0n) is 13.2. The van der Waals surface area contributed by atoms with Crippen molar-refractivity contribution in [1.82, 2.24) is 9.97 Å². The van der Waals surface area contributed by atoms with Crippen LogP contribution in [0.3, 0.4) is 0 Å². The molecular weight excluding hydrogens is 292 g/mol. The maximum Gasteiger partial charge on any atom is 0.230 e. The van der Waals surface area contributed by atoms with Gasteiger partial charge in [-0.3, -0.25) is 0 Å². The minimum atomic E-state index is 0.491. The number of nitrogens with zero attached hydrogens (tertiary/aromatic N) is 2. The monoisotopic (exact) mass is 310 g/mol. The van der Waals surface area contributed by atoms with E-state index in [0.717, 1.165) is 16.7 Å². The van der Waals surface area contributed by atoms with E-state index < -0.39 is 0 Å². The summed E-state index contributed by atoms with van der Waals surface area (Å²) in [6.45, 7) is 4.98. The van der Waals surface area contributed by atoms with Gasteiger partial charge in [0, 0.05) is 6.07 Å². The van der Waals surface area contributed by atoms with E-state index in [-0.39, 0.29) is 0 Å². The van der Waals surface area contributed by atoms with Gasteiger partial charge in [0.15, 0.2) is 11.5 Å². The predicted molar refractivity (Wildman–Crippen MR) is 88.4 cm³/mol. The minimum absolute atomic E-state index is 0.491. The van der Waals surface area contributed by atoms with Gasteiger partial charge in [0.2, 0.25) is 5.88 Å². The second-order valence-corrected chi connectivity index (χ2v) is 4.78. The summed E-state index contributed by atoms with van der Waals surface area (Å²) in [6, 6.07) is 13.2. The number of para-hydroxylation sites is 1. The molecule has 0 bridgehead atoms. The molecule has 0 aliphatic heterocycles. The molecule has 23 heavy (non-hydrogen) atoms. The molecule has 118 valence electrons. The van der Waals surface area contributed by atoms with Gasteiger partial charge in [0.1, 0.15) is 12.1 Å². The number of benzene rings is 2. The van der Waals surface area contributed by atoms with Crippen LogP contribution in [0.15, 0.2) is 48.8 Å². The molecule has 0 amide bonds. The molecule has 0 atom stereocenters. The number of fused-ring (bicyclic) bond motifs is 1. The maximum atomic E-state index is 5.88.